The molecule has 0 aliphatic heterocycles. The summed E-state index contributed by atoms with van der Waals surface area (Å²) < 4.78 is 5.19. The zero-order valence-electron chi connectivity index (χ0n) is 14.9. The molecule has 4 N–H and O–H groups in total. The van der Waals surface area contributed by atoms with Crippen LogP contribution in [0.3, 0.4) is 0 Å². The molecule has 0 bridgehead atoms. The van der Waals surface area contributed by atoms with E-state index >= 15 is 0 Å². The number of rotatable bonds is 11. The topological polar surface area (TPSA) is 142 Å². The Labute approximate surface area is 143 Å². The van der Waals surface area contributed by atoms with E-state index in [9.17, 15) is 9.59 Å². The minimum absolute atomic E-state index is 0.248. The Hall–Kier alpha value is -1.99. The second-order valence-corrected chi connectivity index (χ2v) is 6.44. The quantitative estimate of drug-likeness (QED) is 0.229. The number of nitrogens with two attached hydrogens (primary N) is 1. The van der Waals surface area contributed by atoms with Gasteiger partial charge in [-0.2, -0.15) is 0 Å². The average Bonchev–Trinajstić information content (AvgIpc) is 2.48. The summed E-state index contributed by atoms with van der Waals surface area (Å²) in [5.41, 5.74) is 13.0. The number of hydrogen-bond donors (Lipinski definition) is 3. The van der Waals surface area contributed by atoms with Crippen LogP contribution in [0.5, 0.6) is 0 Å². The molecule has 0 radical (unpaired) electrons. The van der Waals surface area contributed by atoms with Crippen LogP contribution in [-0.4, -0.2) is 43.3 Å². The van der Waals surface area contributed by atoms with Crippen LogP contribution in [0, 0.1) is 0 Å². The van der Waals surface area contributed by atoms with E-state index in [1.165, 1.54) is 0 Å². The van der Waals surface area contributed by atoms with Gasteiger partial charge in [-0.25, -0.2) is 4.79 Å². The Morgan fingerprint density at radius 3 is 2.54 bits per heavy atom. The van der Waals surface area contributed by atoms with Crippen molar-refractivity contribution in [1.82, 2.24) is 10.6 Å². The molecule has 0 saturated carbocycles. The lowest BCUT2D eigenvalue weighted by Crippen LogP contribution is -2.48. The summed E-state index contributed by atoms with van der Waals surface area (Å²) in [6, 6.07) is -0.677. The maximum atomic E-state index is 12.2. The van der Waals surface area contributed by atoms with Gasteiger partial charge in [0.2, 0.25) is 5.91 Å². The highest BCUT2D eigenvalue weighted by atomic mass is 16.6. The number of unbranched alkanes of at least 4 members (excludes halogenated alkanes) is 2. The molecule has 0 aromatic rings. The minimum Gasteiger partial charge on any atom is -0.444 e. The lowest BCUT2D eigenvalue weighted by molar-refractivity contribution is -0.123. The molecule has 24 heavy (non-hydrogen) atoms. The third-order valence-electron chi connectivity index (χ3n) is 3.00. The van der Waals surface area contributed by atoms with Crippen LogP contribution in [0.4, 0.5) is 4.79 Å². The third-order valence-corrected chi connectivity index (χ3v) is 3.00. The van der Waals surface area contributed by atoms with Crippen LogP contribution < -0.4 is 16.4 Å². The van der Waals surface area contributed by atoms with Crippen molar-refractivity contribution in [3.8, 4) is 0 Å². The highest BCUT2D eigenvalue weighted by Gasteiger charge is 2.23. The first-order valence-corrected chi connectivity index (χ1v) is 8.28. The lowest BCUT2D eigenvalue weighted by atomic mass is 10.1. The van der Waals surface area contributed by atoms with Crippen molar-refractivity contribution in [1.29, 1.82) is 0 Å². The SMILES string of the molecule is CC(C)(C)OC(=O)N[C@H](CCCCN=[N+]=[N-])C(=O)NCCCCN. The van der Waals surface area contributed by atoms with Crippen LogP contribution >= 0.6 is 0 Å². The Kier molecular flexibility index (Phi) is 11.4. The fourth-order valence-corrected chi connectivity index (χ4v) is 1.90. The summed E-state index contributed by atoms with van der Waals surface area (Å²) in [4.78, 5) is 26.8. The van der Waals surface area contributed by atoms with Crippen LogP contribution in [-0.2, 0) is 9.53 Å². The van der Waals surface area contributed by atoms with Crippen molar-refractivity contribution in [3.05, 3.63) is 10.4 Å². The smallest absolute Gasteiger partial charge is 0.408 e. The molecule has 0 fully saturated rings. The molecule has 0 rings (SSSR count). The van der Waals surface area contributed by atoms with Gasteiger partial charge in [-0.1, -0.05) is 11.5 Å². The number of amides is 2. The molecule has 0 saturated heterocycles. The van der Waals surface area contributed by atoms with Gasteiger partial charge < -0.3 is 21.1 Å². The van der Waals surface area contributed by atoms with Gasteiger partial charge in [-0.15, -0.1) is 0 Å². The third kappa shape index (κ3) is 12.5. The van der Waals surface area contributed by atoms with E-state index in [0.717, 1.165) is 12.8 Å². The highest BCUT2D eigenvalue weighted by molar-refractivity contribution is 5.85. The van der Waals surface area contributed by atoms with E-state index in [1.54, 1.807) is 20.8 Å². The summed E-state index contributed by atoms with van der Waals surface area (Å²) >= 11 is 0. The van der Waals surface area contributed by atoms with Crippen molar-refractivity contribution in [2.24, 2.45) is 10.8 Å². The molecule has 0 spiro atoms. The van der Waals surface area contributed by atoms with E-state index in [1.807, 2.05) is 0 Å². The van der Waals surface area contributed by atoms with Gasteiger partial charge in [0.25, 0.3) is 0 Å². The van der Waals surface area contributed by atoms with Crippen LogP contribution in [0.1, 0.15) is 52.9 Å². The lowest BCUT2D eigenvalue weighted by Gasteiger charge is -2.23. The Morgan fingerprint density at radius 2 is 1.96 bits per heavy atom. The second-order valence-electron chi connectivity index (χ2n) is 6.44. The molecular formula is C15H30N6O3. The number of carbonyl (C=O) groups is 2. The van der Waals surface area contributed by atoms with Gasteiger partial charge in [-0.05, 0) is 58.5 Å². The van der Waals surface area contributed by atoms with Gasteiger partial charge in [0.05, 0.1) is 0 Å². The van der Waals surface area contributed by atoms with E-state index < -0.39 is 17.7 Å². The molecule has 9 nitrogen and oxygen atoms in total. The first kappa shape index (κ1) is 22.0. The first-order chi connectivity index (χ1) is 11.3. The average molecular weight is 342 g/mol. The van der Waals surface area contributed by atoms with Gasteiger partial charge in [-0.3, -0.25) is 4.79 Å². The standard InChI is InChI=1S/C15H30N6O3/c1-15(2,3)24-14(23)20-12(8-4-6-11-19-21-17)13(22)18-10-7-5-9-16/h12H,4-11,16H2,1-3H3,(H,18,22)(H,20,23)/t12-/m1/s1. The summed E-state index contributed by atoms with van der Waals surface area (Å²) in [6.45, 7) is 6.74. The number of azide groups is 1. The maximum absolute atomic E-state index is 12.2. The zero-order chi connectivity index (χ0) is 18.4. The molecule has 1 atom stereocenters. The normalized spacial score (nSPS) is 12.0. The molecule has 9 heteroatoms. The van der Waals surface area contributed by atoms with Gasteiger partial charge in [0, 0.05) is 18.0 Å². The summed E-state index contributed by atoms with van der Waals surface area (Å²) in [5, 5.41) is 8.84. The van der Waals surface area contributed by atoms with E-state index in [-0.39, 0.29) is 5.91 Å². The molecule has 2 amide bonds. The Morgan fingerprint density at radius 1 is 1.25 bits per heavy atom. The minimum atomic E-state index is -0.677. The molecule has 0 aromatic heterocycles. The first-order valence-electron chi connectivity index (χ1n) is 8.28. The van der Waals surface area contributed by atoms with Crippen molar-refractivity contribution >= 4 is 12.0 Å². The van der Waals surface area contributed by atoms with E-state index in [0.29, 0.717) is 38.9 Å². The van der Waals surface area contributed by atoms with E-state index in [2.05, 4.69) is 20.7 Å². The Bertz CT molecular complexity index is 429. The molecular weight excluding hydrogens is 312 g/mol. The molecule has 0 unspecified atom stereocenters. The molecule has 0 aromatic carbocycles. The number of alkyl carbamates (subject to hydrolysis) is 1. The molecule has 0 aliphatic rings. The van der Waals surface area contributed by atoms with Crippen LogP contribution in [0.15, 0.2) is 5.11 Å². The van der Waals surface area contributed by atoms with Crippen LogP contribution in [0.2, 0.25) is 0 Å². The number of nitrogens with zero attached hydrogens (tertiary/aromatic N) is 3. The summed E-state index contributed by atoms with van der Waals surface area (Å²) in [6.07, 6.45) is 2.74. The Balaban J connectivity index is 4.48. The fraction of sp³-hybridized carbons (Fsp3) is 0.867. The van der Waals surface area contributed by atoms with Crippen molar-refractivity contribution in [2.45, 2.75) is 64.5 Å². The largest absolute Gasteiger partial charge is 0.444 e. The fourth-order valence-electron chi connectivity index (χ4n) is 1.90. The van der Waals surface area contributed by atoms with Crippen molar-refractivity contribution in [2.75, 3.05) is 19.6 Å². The number of ether oxygens (including phenoxy) is 1. The maximum Gasteiger partial charge on any atom is 0.408 e. The monoisotopic (exact) mass is 342 g/mol. The second kappa shape index (κ2) is 12.4. The zero-order valence-corrected chi connectivity index (χ0v) is 14.9. The van der Waals surface area contributed by atoms with Gasteiger partial charge in [0.1, 0.15) is 11.6 Å². The molecule has 0 aliphatic carbocycles. The van der Waals surface area contributed by atoms with Crippen LogP contribution in [0.25, 0.3) is 10.4 Å². The predicted octanol–water partition coefficient (Wildman–Crippen LogP) is 2.22. The van der Waals surface area contributed by atoms with Gasteiger partial charge in [0.15, 0.2) is 0 Å². The van der Waals surface area contributed by atoms with Crippen molar-refractivity contribution < 1.29 is 14.3 Å². The number of hydrogen-bond acceptors (Lipinski definition) is 5. The number of nitrogens with one attached hydrogen (secondary N) is 2. The van der Waals surface area contributed by atoms with E-state index in [4.69, 9.17) is 16.0 Å². The molecule has 138 valence electrons. The summed E-state index contributed by atoms with van der Waals surface area (Å²) in [5.74, 6) is -0.248. The highest BCUT2D eigenvalue weighted by Crippen LogP contribution is 2.08. The molecule has 0 heterocycles. The summed E-state index contributed by atoms with van der Waals surface area (Å²) in [7, 11) is 0. The number of carbonyl (C=O) groups excluding carboxylic acids is 2. The van der Waals surface area contributed by atoms with Gasteiger partial charge >= 0.3 is 6.09 Å². The predicted molar refractivity (Wildman–Crippen MR) is 92.3 cm³/mol. The van der Waals surface area contributed by atoms with Crippen molar-refractivity contribution in [3.63, 3.8) is 0 Å².